The highest BCUT2D eigenvalue weighted by molar-refractivity contribution is 7.99. The van der Waals surface area contributed by atoms with Crippen molar-refractivity contribution >= 4 is 17.7 Å². The Morgan fingerprint density at radius 2 is 1.52 bits per heavy atom. The van der Waals surface area contributed by atoms with Gasteiger partial charge in [-0.15, -0.1) is 10.2 Å². The van der Waals surface area contributed by atoms with Gasteiger partial charge in [0.2, 0.25) is 5.91 Å². The van der Waals surface area contributed by atoms with Crippen molar-refractivity contribution in [2.45, 2.75) is 18.1 Å². The zero-order valence-electron chi connectivity index (χ0n) is 17.7. The first kappa shape index (κ1) is 22.7. The third-order valence-corrected chi connectivity index (χ3v) is 5.95. The molecular weight excluding hydrogens is 442 g/mol. The molecule has 0 radical (unpaired) electrons. The normalized spacial score (nSPS) is 10.8. The van der Waals surface area contributed by atoms with Crippen LogP contribution in [0, 0.1) is 11.6 Å². The SMILES string of the molecule is O=C(CSc1nnc(-c2ccc(F)cc2)n1Cc1ccccc1)NCCc1ccc(F)cc1. The van der Waals surface area contributed by atoms with Gasteiger partial charge in [0, 0.05) is 12.1 Å². The Balaban J connectivity index is 1.42. The number of carbonyl (C=O) groups is 1. The summed E-state index contributed by atoms with van der Waals surface area (Å²) in [7, 11) is 0. The van der Waals surface area contributed by atoms with E-state index in [2.05, 4.69) is 15.5 Å². The summed E-state index contributed by atoms with van der Waals surface area (Å²) >= 11 is 1.29. The molecule has 33 heavy (non-hydrogen) atoms. The quantitative estimate of drug-likeness (QED) is 0.364. The Kier molecular flexibility index (Phi) is 7.47. The number of benzene rings is 3. The molecule has 0 spiro atoms. The number of halogens is 2. The van der Waals surface area contributed by atoms with Crippen LogP contribution in [-0.4, -0.2) is 33.0 Å². The summed E-state index contributed by atoms with van der Waals surface area (Å²) in [6, 6.07) is 22.2. The van der Waals surface area contributed by atoms with Crippen LogP contribution >= 0.6 is 11.8 Å². The summed E-state index contributed by atoms with van der Waals surface area (Å²) in [5.74, 6) is 0.0658. The largest absolute Gasteiger partial charge is 0.355 e. The fourth-order valence-electron chi connectivity index (χ4n) is 3.29. The first-order chi connectivity index (χ1) is 16.1. The maximum absolute atomic E-state index is 13.4. The first-order valence-corrected chi connectivity index (χ1v) is 11.4. The Bertz CT molecular complexity index is 1200. The molecule has 0 saturated carbocycles. The summed E-state index contributed by atoms with van der Waals surface area (Å²) in [6.45, 7) is 0.984. The van der Waals surface area contributed by atoms with Crippen molar-refractivity contribution in [1.82, 2.24) is 20.1 Å². The topological polar surface area (TPSA) is 59.8 Å². The minimum Gasteiger partial charge on any atom is -0.355 e. The molecule has 5 nitrogen and oxygen atoms in total. The fourth-order valence-corrected chi connectivity index (χ4v) is 4.06. The van der Waals surface area contributed by atoms with Gasteiger partial charge in [-0.2, -0.15) is 0 Å². The van der Waals surface area contributed by atoms with Crippen LogP contribution < -0.4 is 5.32 Å². The van der Waals surface area contributed by atoms with Gasteiger partial charge in [-0.25, -0.2) is 8.78 Å². The molecule has 0 unspecified atom stereocenters. The lowest BCUT2D eigenvalue weighted by Crippen LogP contribution is -2.27. The highest BCUT2D eigenvalue weighted by Gasteiger charge is 2.16. The average Bonchev–Trinajstić information content (AvgIpc) is 3.22. The van der Waals surface area contributed by atoms with E-state index in [1.807, 2.05) is 34.9 Å². The van der Waals surface area contributed by atoms with E-state index in [1.165, 1.54) is 36.0 Å². The number of thioether (sulfide) groups is 1. The van der Waals surface area contributed by atoms with Gasteiger partial charge < -0.3 is 5.32 Å². The molecule has 1 N–H and O–H groups in total. The van der Waals surface area contributed by atoms with Gasteiger partial charge in [0.25, 0.3) is 0 Å². The molecule has 3 aromatic carbocycles. The van der Waals surface area contributed by atoms with Gasteiger partial charge in [0.1, 0.15) is 11.6 Å². The van der Waals surface area contributed by atoms with Gasteiger partial charge in [0.15, 0.2) is 11.0 Å². The number of nitrogens with one attached hydrogen (secondary N) is 1. The smallest absolute Gasteiger partial charge is 0.230 e. The number of hydrogen-bond donors (Lipinski definition) is 1. The molecule has 0 aliphatic heterocycles. The van der Waals surface area contributed by atoms with Crippen molar-refractivity contribution in [3.63, 3.8) is 0 Å². The lowest BCUT2D eigenvalue weighted by Gasteiger charge is -2.11. The standard InChI is InChI=1S/C25H22F2N4OS/c26-21-10-6-18(7-11-21)14-15-28-23(32)17-33-25-30-29-24(20-8-12-22(27)13-9-20)31(25)16-19-4-2-1-3-5-19/h1-13H,14-17H2,(H,28,32). The summed E-state index contributed by atoms with van der Waals surface area (Å²) in [4.78, 5) is 12.4. The monoisotopic (exact) mass is 464 g/mol. The maximum Gasteiger partial charge on any atom is 0.230 e. The molecule has 0 bridgehead atoms. The van der Waals surface area contributed by atoms with Crippen molar-refractivity contribution in [2.75, 3.05) is 12.3 Å². The Hall–Kier alpha value is -3.52. The van der Waals surface area contributed by atoms with Crippen LogP contribution in [0.2, 0.25) is 0 Å². The van der Waals surface area contributed by atoms with Crippen LogP contribution in [0.15, 0.2) is 84.0 Å². The molecule has 0 aliphatic rings. The van der Waals surface area contributed by atoms with Gasteiger partial charge in [0.05, 0.1) is 12.3 Å². The van der Waals surface area contributed by atoms with Crippen molar-refractivity contribution in [2.24, 2.45) is 0 Å². The van der Waals surface area contributed by atoms with Gasteiger partial charge in [-0.3, -0.25) is 9.36 Å². The molecule has 1 heterocycles. The highest BCUT2D eigenvalue weighted by Crippen LogP contribution is 2.25. The van der Waals surface area contributed by atoms with E-state index >= 15 is 0 Å². The molecule has 0 saturated heterocycles. The van der Waals surface area contributed by atoms with E-state index in [1.54, 1.807) is 24.3 Å². The number of carbonyl (C=O) groups excluding carboxylic acids is 1. The van der Waals surface area contributed by atoms with Crippen LogP contribution in [0.3, 0.4) is 0 Å². The molecule has 1 aromatic heterocycles. The summed E-state index contributed by atoms with van der Waals surface area (Å²) in [6.07, 6.45) is 0.621. The third kappa shape index (κ3) is 6.26. The number of aromatic nitrogens is 3. The fraction of sp³-hybridized carbons (Fsp3) is 0.160. The van der Waals surface area contributed by atoms with Crippen LogP contribution in [0.1, 0.15) is 11.1 Å². The second-order valence-corrected chi connectivity index (χ2v) is 8.34. The van der Waals surface area contributed by atoms with Gasteiger partial charge >= 0.3 is 0 Å². The lowest BCUT2D eigenvalue weighted by atomic mass is 10.1. The predicted molar refractivity (Wildman–Crippen MR) is 125 cm³/mol. The van der Waals surface area contributed by atoms with Crippen LogP contribution in [0.4, 0.5) is 8.78 Å². The van der Waals surface area contributed by atoms with E-state index in [4.69, 9.17) is 0 Å². The zero-order valence-corrected chi connectivity index (χ0v) is 18.6. The van der Waals surface area contributed by atoms with E-state index in [-0.39, 0.29) is 23.3 Å². The number of nitrogens with zero attached hydrogens (tertiary/aromatic N) is 3. The van der Waals surface area contributed by atoms with E-state index in [9.17, 15) is 13.6 Å². The zero-order chi connectivity index (χ0) is 23.0. The van der Waals surface area contributed by atoms with Crippen molar-refractivity contribution < 1.29 is 13.6 Å². The highest BCUT2D eigenvalue weighted by atomic mass is 32.2. The minimum absolute atomic E-state index is 0.125. The average molecular weight is 465 g/mol. The lowest BCUT2D eigenvalue weighted by molar-refractivity contribution is -0.118. The Morgan fingerprint density at radius 3 is 2.21 bits per heavy atom. The van der Waals surface area contributed by atoms with E-state index in [0.717, 1.165) is 16.7 Å². The van der Waals surface area contributed by atoms with E-state index in [0.29, 0.717) is 30.5 Å². The van der Waals surface area contributed by atoms with Gasteiger partial charge in [-0.1, -0.05) is 54.2 Å². The van der Waals surface area contributed by atoms with Crippen molar-refractivity contribution in [3.05, 3.63) is 102 Å². The number of hydrogen-bond acceptors (Lipinski definition) is 4. The molecule has 4 aromatic rings. The van der Waals surface area contributed by atoms with Crippen molar-refractivity contribution in [3.8, 4) is 11.4 Å². The Morgan fingerprint density at radius 1 is 0.848 bits per heavy atom. The van der Waals surface area contributed by atoms with Crippen LogP contribution in [-0.2, 0) is 17.8 Å². The third-order valence-electron chi connectivity index (χ3n) is 4.98. The molecule has 4 rings (SSSR count). The molecular formula is C25H22F2N4OS. The van der Waals surface area contributed by atoms with E-state index < -0.39 is 0 Å². The van der Waals surface area contributed by atoms with Crippen molar-refractivity contribution in [1.29, 1.82) is 0 Å². The van der Waals surface area contributed by atoms with Crippen LogP contribution in [0.5, 0.6) is 0 Å². The molecule has 0 fully saturated rings. The number of rotatable bonds is 9. The molecule has 0 aliphatic carbocycles. The summed E-state index contributed by atoms with van der Waals surface area (Å²) in [5.41, 5.74) is 2.76. The maximum atomic E-state index is 13.4. The molecule has 0 atom stereocenters. The molecule has 168 valence electrons. The second-order valence-electron chi connectivity index (χ2n) is 7.40. The summed E-state index contributed by atoms with van der Waals surface area (Å²) in [5, 5.41) is 12.1. The summed E-state index contributed by atoms with van der Waals surface area (Å²) < 4.78 is 28.3. The molecule has 1 amide bonds. The predicted octanol–water partition coefficient (Wildman–Crippen LogP) is 4.72. The second kappa shape index (κ2) is 10.9. The minimum atomic E-state index is -0.320. The number of amides is 1. The Labute approximate surface area is 194 Å². The molecule has 8 heteroatoms. The van der Waals surface area contributed by atoms with Crippen LogP contribution in [0.25, 0.3) is 11.4 Å². The first-order valence-electron chi connectivity index (χ1n) is 10.5. The van der Waals surface area contributed by atoms with Gasteiger partial charge in [-0.05, 0) is 53.9 Å².